The smallest absolute Gasteiger partial charge is 0.166 e. The third-order valence-electron chi connectivity index (χ3n) is 6.67. The number of hydrogen-bond donors (Lipinski definition) is 0. The fourth-order valence-electron chi connectivity index (χ4n) is 4.78. The van der Waals surface area contributed by atoms with Crippen LogP contribution in [0.5, 0.6) is 0 Å². The number of nitrogens with zero attached hydrogens (tertiary/aromatic N) is 1. The van der Waals surface area contributed by atoms with Crippen LogP contribution in [0.15, 0.2) is 36.4 Å². The standard InChI is InChI=1S/C25H31NO/c1-17-4-6-21(7-5-17)16-26-10-8-20(9-11-26)14-23-15-22-12-18(2)19(3)13-24(22)25(23)27/h4-7,12-13,20,23H,8-11,14-16H2,1-3H3. The quantitative estimate of drug-likeness (QED) is 0.739. The molecule has 0 radical (unpaired) electrons. The Morgan fingerprint density at radius 1 is 0.963 bits per heavy atom. The summed E-state index contributed by atoms with van der Waals surface area (Å²) in [5.41, 5.74) is 7.57. The van der Waals surface area contributed by atoms with Crippen LogP contribution < -0.4 is 0 Å². The molecule has 0 bridgehead atoms. The van der Waals surface area contributed by atoms with Gasteiger partial charge in [-0.15, -0.1) is 0 Å². The molecule has 1 heterocycles. The van der Waals surface area contributed by atoms with Gasteiger partial charge in [-0.05, 0) is 93.8 Å². The number of Topliss-reactive ketones (excluding diaryl/α,β-unsaturated/α-hetero) is 1. The Bertz CT molecular complexity index is 828. The molecule has 2 aromatic rings. The molecule has 0 spiro atoms. The highest BCUT2D eigenvalue weighted by atomic mass is 16.1. The number of fused-ring (bicyclic) bond motifs is 1. The first-order chi connectivity index (χ1) is 13.0. The zero-order valence-electron chi connectivity index (χ0n) is 16.9. The van der Waals surface area contributed by atoms with Crippen molar-refractivity contribution in [2.75, 3.05) is 13.1 Å². The molecule has 4 rings (SSSR count). The number of ketones is 1. The molecule has 142 valence electrons. The average Bonchev–Trinajstić information content (AvgIpc) is 2.94. The lowest BCUT2D eigenvalue weighted by Crippen LogP contribution is -2.34. The third kappa shape index (κ3) is 4.01. The SMILES string of the molecule is Cc1ccc(CN2CCC(CC3Cc4cc(C)c(C)cc4C3=O)CC2)cc1. The molecule has 1 saturated heterocycles. The molecular formula is C25H31NO. The van der Waals surface area contributed by atoms with E-state index < -0.39 is 0 Å². The van der Waals surface area contributed by atoms with Gasteiger partial charge in [0, 0.05) is 18.0 Å². The molecule has 2 heteroatoms. The molecule has 1 atom stereocenters. The highest BCUT2D eigenvalue weighted by molar-refractivity contribution is 6.02. The predicted octanol–water partition coefficient (Wildman–Crippen LogP) is 5.27. The van der Waals surface area contributed by atoms with Crippen molar-refractivity contribution in [3.05, 3.63) is 69.8 Å². The van der Waals surface area contributed by atoms with Crippen LogP contribution >= 0.6 is 0 Å². The van der Waals surface area contributed by atoms with Crippen LogP contribution in [0.3, 0.4) is 0 Å². The normalized spacial score (nSPS) is 20.9. The van der Waals surface area contributed by atoms with E-state index in [0.717, 1.165) is 38.0 Å². The molecule has 27 heavy (non-hydrogen) atoms. The first-order valence-corrected chi connectivity index (χ1v) is 10.4. The van der Waals surface area contributed by atoms with Crippen LogP contribution in [0, 0.1) is 32.6 Å². The van der Waals surface area contributed by atoms with E-state index in [4.69, 9.17) is 0 Å². The van der Waals surface area contributed by atoms with Gasteiger partial charge < -0.3 is 0 Å². The molecular weight excluding hydrogens is 330 g/mol. The minimum Gasteiger partial charge on any atom is -0.299 e. The van der Waals surface area contributed by atoms with E-state index in [1.807, 2.05) is 0 Å². The molecule has 0 amide bonds. The van der Waals surface area contributed by atoms with Gasteiger partial charge in [0.2, 0.25) is 0 Å². The van der Waals surface area contributed by atoms with Crippen LogP contribution in [0.2, 0.25) is 0 Å². The van der Waals surface area contributed by atoms with Gasteiger partial charge in [-0.3, -0.25) is 9.69 Å². The molecule has 0 N–H and O–H groups in total. The lowest BCUT2D eigenvalue weighted by molar-refractivity contribution is 0.0895. The third-order valence-corrected chi connectivity index (χ3v) is 6.67. The Hall–Kier alpha value is -1.93. The number of hydrogen-bond acceptors (Lipinski definition) is 2. The summed E-state index contributed by atoms with van der Waals surface area (Å²) < 4.78 is 0. The van der Waals surface area contributed by atoms with Crippen LogP contribution in [0.25, 0.3) is 0 Å². The van der Waals surface area contributed by atoms with Crippen molar-refractivity contribution in [2.45, 2.75) is 53.0 Å². The van der Waals surface area contributed by atoms with E-state index in [1.165, 1.54) is 40.7 Å². The summed E-state index contributed by atoms with van der Waals surface area (Å²) in [7, 11) is 0. The first-order valence-electron chi connectivity index (χ1n) is 10.4. The number of piperidine rings is 1. The van der Waals surface area contributed by atoms with E-state index in [9.17, 15) is 4.79 Å². The number of benzene rings is 2. The van der Waals surface area contributed by atoms with Crippen molar-refractivity contribution in [1.29, 1.82) is 0 Å². The first kappa shape index (κ1) is 18.4. The van der Waals surface area contributed by atoms with Crippen molar-refractivity contribution in [3.63, 3.8) is 0 Å². The second-order valence-electron chi connectivity index (χ2n) is 8.80. The highest BCUT2D eigenvalue weighted by Gasteiger charge is 2.33. The number of aryl methyl sites for hydroxylation is 3. The largest absolute Gasteiger partial charge is 0.299 e. The Kier molecular flexibility index (Phi) is 5.19. The maximum atomic E-state index is 12.9. The van der Waals surface area contributed by atoms with Crippen molar-refractivity contribution in [1.82, 2.24) is 4.90 Å². The summed E-state index contributed by atoms with van der Waals surface area (Å²) in [4.78, 5) is 15.4. The Labute approximate surface area is 163 Å². The van der Waals surface area contributed by atoms with Gasteiger partial charge in [-0.2, -0.15) is 0 Å². The number of carbonyl (C=O) groups excluding carboxylic acids is 1. The molecule has 0 saturated carbocycles. The van der Waals surface area contributed by atoms with E-state index in [0.29, 0.717) is 11.7 Å². The van der Waals surface area contributed by atoms with Crippen molar-refractivity contribution < 1.29 is 4.79 Å². The minimum absolute atomic E-state index is 0.217. The predicted molar refractivity (Wildman–Crippen MR) is 111 cm³/mol. The fraction of sp³-hybridized carbons (Fsp3) is 0.480. The summed E-state index contributed by atoms with van der Waals surface area (Å²) in [6.45, 7) is 9.77. The van der Waals surface area contributed by atoms with E-state index in [1.54, 1.807) is 0 Å². The topological polar surface area (TPSA) is 20.3 Å². The van der Waals surface area contributed by atoms with Gasteiger partial charge in [0.15, 0.2) is 5.78 Å². The van der Waals surface area contributed by atoms with E-state index >= 15 is 0 Å². The molecule has 1 fully saturated rings. The number of likely N-dealkylation sites (tertiary alicyclic amines) is 1. The van der Waals surface area contributed by atoms with Gasteiger partial charge in [0.1, 0.15) is 0 Å². The van der Waals surface area contributed by atoms with Gasteiger partial charge in [0.05, 0.1) is 0 Å². The summed E-state index contributed by atoms with van der Waals surface area (Å²) in [5.74, 6) is 1.31. The summed E-state index contributed by atoms with van der Waals surface area (Å²) in [6.07, 6.45) is 4.48. The van der Waals surface area contributed by atoms with Crippen LogP contribution in [0.4, 0.5) is 0 Å². The van der Waals surface area contributed by atoms with Crippen molar-refractivity contribution >= 4 is 5.78 Å². The fourth-order valence-corrected chi connectivity index (χ4v) is 4.78. The molecule has 1 aliphatic heterocycles. The maximum absolute atomic E-state index is 12.9. The van der Waals surface area contributed by atoms with Crippen molar-refractivity contribution in [2.24, 2.45) is 11.8 Å². The number of rotatable bonds is 4. The van der Waals surface area contributed by atoms with Gasteiger partial charge in [0.25, 0.3) is 0 Å². The van der Waals surface area contributed by atoms with Gasteiger partial charge >= 0.3 is 0 Å². The number of carbonyl (C=O) groups is 1. The van der Waals surface area contributed by atoms with Gasteiger partial charge in [-0.25, -0.2) is 0 Å². The van der Waals surface area contributed by atoms with E-state index in [-0.39, 0.29) is 5.92 Å². The van der Waals surface area contributed by atoms with Crippen LogP contribution in [-0.4, -0.2) is 23.8 Å². The Balaban J connectivity index is 1.31. The monoisotopic (exact) mass is 361 g/mol. The molecule has 2 aromatic carbocycles. The van der Waals surface area contributed by atoms with Gasteiger partial charge in [-0.1, -0.05) is 35.9 Å². The van der Waals surface area contributed by atoms with E-state index in [2.05, 4.69) is 62.1 Å². The maximum Gasteiger partial charge on any atom is 0.166 e. The summed E-state index contributed by atoms with van der Waals surface area (Å²) in [5, 5.41) is 0. The summed E-state index contributed by atoms with van der Waals surface area (Å²) in [6, 6.07) is 13.3. The second kappa shape index (κ2) is 7.59. The molecule has 2 nitrogen and oxygen atoms in total. The molecule has 2 aliphatic rings. The second-order valence-corrected chi connectivity index (χ2v) is 8.80. The molecule has 0 aromatic heterocycles. The Morgan fingerprint density at radius 3 is 2.33 bits per heavy atom. The lowest BCUT2D eigenvalue weighted by Gasteiger charge is -2.33. The zero-order valence-corrected chi connectivity index (χ0v) is 16.9. The summed E-state index contributed by atoms with van der Waals surface area (Å²) >= 11 is 0. The average molecular weight is 362 g/mol. The zero-order chi connectivity index (χ0) is 19.0. The molecule has 1 unspecified atom stereocenters. The molecule has 1 aliphatic carbocycles. The minimum atomic E-state index is 0.217. The van der Waals surface area contributed by atoms with Crippen molar-refractivity contribution in [3.8, 4) is 0 Å². The van der Waals surface area contributed by atoms with Crippen LogP contribution in [0.1, 0.15) is 57.4 Å². The Morgan fingerprint density at radius 2 is 1.63 bits per heavy atom. The van der Waals surface area contributed by atoms with Crippen LogP contribution in [-0.2, 0) is 13.0 Å². The highest BCUT2D eigenvalue weighted by Crippen LogP contribution is 2.35. The lowest BCUT2D eigenvalue weighted by atomic mass is 9.85.